The number of ether oxygens (including phenoxy) is 1. The third kappa shape index (κ3) is 2.17. The molecule has 0 amide bonds. The van der Waals surface area contributed by atoms with Crippen LogP contribution in [0.15, 0.2) is 18.2 Å². The first-order chi connectivity index (χ1) is 6.66. The highest BCUT2D eigenvalue weighted by molar-refractivity contribution is 14.1. The van der Waals surface area contributed by atoms with Crippen LogP contribution < -0.4 is 4.74 Å². The Morgan fingerprint density at radius 2 is 2.21 bits per heavy atom. The predicted molar refractivity (Wildman–Crippen MR) is 59.8 cm³/mol. The Kier molecular flexibility index (Phi) is 2.62. The second-order valence-corrected chi connectivity index (χ2v) is 4.43. The van der Waals surface area contributed by atoms with Gasteiger partial charge in [-0.2, -0.15) is 0 Å². The standard InChI is InChI=1S/C10H9IO3/c11-8-5-6(10(12)13)1-4-9(8)14-7-2-3-7/h1,4-5,7H,2-3H2,(H,12,13). The van der Waals surface area contributed by atoms with Crippen molar-refractivity contribution in [2.75, 3.05) is 0 Å². The fraction of sp³-hybridized carbons (Fsp3) is 0.300. The predicted octanol–water partition coefficient (Wildman–Crippen LogP) is 2.53. The first-order valence-electron chi connectivity index (χ1n) is 4.36. The largest absolute Gasteiger partial charge is 0.489 e. The molecule has 0 aromatic heterocycles. The number of aromatic carboxylic acids is 1. The van der Waals surface area contributed by atoms with Crippen LogP contribution in [-0.2, 0) is 0 Å². The number of halogens is 1. The molecule has 0 radical (unpaired) electrons. The highest BCUT2D eigenvalue weighted by Gasteiger charge is 2.24. The molecular formula is C10H9IO3. The highest BCUT2D eigenvalue weighted by Crippen LogP contribution is 2.30. The zero-order valence-electron chi connectivity index (χ0n) is 7.37. The average molecular weight is 304 g/mol. The lowest BCUT2D eigenvalue weighted by Crippen LogP contribution is -2.01. The maximum atomic E-state index is 10.7. The van der Waals surface area contributed by atoms with Gasteiger partial charge in [-0.3, -0.25) is 0 Å². The highest BCUT2D eigenvalue weighted by atomic mass is 127. The van der Waals surface area contributed by atoms with E-state index in [1.165, 1.54) is 0 Å². The minimum atomic E-state index is -0.902. The Morgan fingerprint density at radius 1 is 1.50 bits per heavy atom. The summed E-state index contributed by atoms with van der Waals surface area (Å²) in [6.45, 7) is 0. The van der Waals surface area contributed by atoms with Gasteiger partial charge in [-0.05, 0) is 53.6 Å². The van der Waals surface area contributed by atoms with Crippen LogP contribution in [0.25, 0.3) is 0 Å². The number of benzene rings is 1. The number of rotatable bonds is 3. The molecule has 0 saturated heterocycles. The molecule has 1 N–H and O–H groups in total. The Morgan fingerprint density at radius 3 is 2.71 bits per heavy atom. The van der Waals surface area contributed by atoms with E-state index in [2.05, 4.69) is 22.6 Å². The molecule has 0 heterocycles. The van der Waals surface area contributed by atoms with Crippen molar-refractivity contribution >= 4 is 28.6 Å². The van der Waals surface area contributed by atoms with E-state index in [0.29, 0.717) is 11.7 Å². The van der Waals surface area contributed by atoms with Gasteiger partial charge in [0, 0.05) is 0 Å². The van der Waals surface area contributed by atoms with Crippen molar-refractivity contribution in [3.05, 3.63) is 27.3 Å². The van der Waals surface area contributed by atoms with Crippen LogP contribution in [0.3, 0.4) is 0 Å². The molecule has 3 nitrogen and oxygen atoms in total. The summed E-state index contributed by atoms with van der Waals surface area (Å²) in [5, 5.41) is 8.75. The lowest BCUT2D eigenvalue weighted by Gasteiger charge is -2.06. The second-order valence-electron chi connectivity index (χ2n) is 3.27. The van der Waals surface area contributed by atoms with Crippen LogP contribution in [0.4, 0.5) is 0 Å². The molecule has 1 aliphatic carbocycles. The van der Waals surface area contributed by atoms with E-state index >= 15 is 0 Å². The molecule has 74 valence electrons. The van der Waals surface area contributed by atoms with Gasteiger partial charge in [0.2, 0.25) is 0 Å². The molecule has 0 spiro atoms. The normalized spacial score (nSPS) is 15.2. The molecule has 1 fully saturated rings. The number of carboxylic acids is 1. The topological polar surface area (TPSA) is 46.5 Å². The van der Waals surface area contributed by atoms with Crippen LogP contribution in [0.5, 0.6) is 5.75 Å². The van der Waals surface area contributed by atoms with E-state index in [0.717, 1.165) is 22.2 Å². The summed E-state index contributed by atoms with van der Waals surface area (Å²) in [6.07, 6.45) is 2.56. The molecule has 1 aromatic carbocycles. The molecule has 0 unspecified atom stereocenters. The summed E-state index contributed by atoms with van der Waals surface area (Å²) in [4.78, 5) is 10.7. The van der Waals surface area contributed by atoms with Crippen molar-refractivity contribution in [2.24, 2.45) is 0 Å². The minimum absolute atomic E-state index is 0.303. The van der Waals surface area contributed by atoms with E-state index < -0.39 is 5.97 Å². The minimum Gasteiger partial charge on any atom is -0.489 e. The Bertz CT molecular complexity index is 372. The van der Waals surface area contributed by atoms with Gasteiger partial charge in [-0.1, -0.05) is 0 Å². The molecule has 0 aliphatic heterocycles. The van der Waals surface area contributed by atoms with E-state index in [-0.39, 0.29) is 0 Å². The molecule has 14 heavy (non-hydrogen) atoms. The lowest BCUT2D eigenvalue weighted by atomic mass is 10.2. The molecule has 1 saturated carbocycles. The van der Waals surface area contributed by atoms with Gasteiger partial charge in [0.15, 0.2) is 0 Å². The summed E-state index contributed by atoms with van der Waals surface area (Å²) in [5.41, 5.74) is 0.303. The van der Waals surface area contributed by atoms with Crippen molar-refractivity contribution in [1.82, 2.24) is 0 Å². The van der Waals surface area contributed by atoms with Gasteiger partial charge in [-0.15, -0.1) is 0 Å². The Labute approximate surface area is 95.2 Å². The lowest BCUT2D eigenvalue weighted by molar-refractivity contribution is 0.0697. The summed E-state index contributed by atoms with van der Waals surface area (Å²) >= 11 is 2.09. The zero-order chi connectivity index (χ0) is 10.1. The second kappa shape index (κ2) is 3.76. The third-order valence-electron chi connectivity index (χ3n) is 2.00. The smallest absolute Gasteiger partial charge is 0.335 e. The van der Waals surface area contributed by atoms with E-state index in [1.807, 2.05) is 0 Å². The zero-order valence-corrected chi connectivity index (χ0v) is 9.52. The Balaban J connectivity index is 2.21. The number of carbonyl (C=O) groups is 1. The van der Waals surface area contributed by atoms with Crippen LogP contribution in [0, 0.1) is 3.57 Å². The summed E-state index contributed by atoms with van der Waals surface area (Å²) in [6, 6.07) is 4.92. The molecule has 0 atom stereocenters. The average Bonchev–Trinajstić information content (AvgIpc) is 2.92. The molecule has 1 aliphatic rings. The first kappa shape index (κ1) is 9.76. The van der Waals surface area contributed by atoms with Gasteiger partial charge in [0.05, 0.1) is 15.2 Å². The van der Waals surface area contributed by atoms with Gasteiger partial charge in [0.1, 0.15) is 5.75 Å². The third-order valence-corrected chi connectivity index (χ3v) is 2.84. The number of hydrogen-bond donors (Lipinski definition) is 1. The molecular weight excluding hydrogens is 295 g/mol. The molecule has 1 aromatic rings. The number of carboxylic acid groups (broad SMARTS) is 1. The summed E-state index contributed by atoms with van der Waals surface area (Å²) in [7, 11) is 0. The molecule has 4 heteroatoms. The van der Waals surface area contributed by atoms with Crippen molar-refractivity contribution in [3.8, 4) is 5.75 Å². The Hall–Kier alpha value is -0.780. The molecule has 0 bridgehead atoms. The maximum absolute atomic E-state index is 10.7. The SMILES string of the molecule is O=C(O)c1ccc(OC2CC2)c(I)c1. The number of hydrogen-bond acceptors (Lipinski definition) is 2. The fourth-order valence-corrected chi connectivity index (χ4v) is 1.74. The van der Waals surface area contributed by atoms with E-state index in [1.54, 1.807) is 18.2 Å². The summed E-state index contributed by atoms with van der Waals surface area (Å²) in [5.74, 6) is -0.112. The first-order valence-corrected chi connectivity index (χ1v) is 5.44. The fourth-order valence-electron chi connectivity index (χ4n) is 1.09. The molecule has 2 rings (SSSR count). The van der Waals surface area contributed by atoms with E-state index in [9.17, 15) is 4.79 Å². The van der Waals surface area contributed by atoms with Crippen molar-refractivity contribution < 1.29 is 14.6 Å². The van der Waals surface area contributed by atoms with Gasteiger partial charge >= 0.3 is 5.97 Å². The van der Waals surface area contributed by atoms with Crippen molar-refractivity contribution in [2.45, 2.75) is 18.9 Å². The van der Waals surface area contributed by atoms with Gasteiger partial charge in [0.25, 0.3) is 0 Å². The van der Waals surface area contributed by atoms with Crippen molar-refractivity contribution in [3.63, 3.8) is 0 Å². The van der Waals surface area contributed by atoms with Gasteiger partial charge in [-0.25, -0.2) is 4.79 Å². The monoisotopic (exact) mass is 304 g/mol. The summed E-state index contributed by atoms with van der Waals surface area (Å²) < 4.78 is 6.45. The van der Waals surface area contributed by atoms with Gasteiger partial charge < -0.3 is 9.84 Å². The maximum Gasteiger partial charge on any atom is 0.335 e. The van der Waals surface area contributed by atoms with Crippen LogP contribution >= 0.6 is 22.6 Å². The van der Waals surface area contributed by atoms with Crippen LogP contribution in [0.2, 0.25) is 0 Å². The van der Waals surface area contributed by atoms with Crippen molar-refractivity contribution in [1.29, 1.82) is 0 Å². The van der Waals surface area contributed by atoms with Crippen LogP contribution in [-0.4, -0.2) is 17.2 Å². The van der Waals surface area contributed by atoms with Crippen LogP contribution in [0.1, 0.15) is 23.2 Å². The van der Waals surface area contributed by atoms with E-state index in [4.69, 9.17) is 9.84 Å². The quantitative estimate of drug-likeness (QED) is 0.873.